The van der Waals surface area contributed by atoms with Crippen LogP contribution in [0.3, 0.4) is 0 Å². The third-order valence-corrected chi connectivity index (χ3v) is 6.79. The molecule has 0 radical (unpaired) electrons. The van der Waals surface area contributed by atoms with Crippen LogP contribution in [0.5, 0.6) is 11.5 Å². The topological polar surface area (TPSA) is 24.9 Å². The Hall–Kier alpha value is -2.69. The van der Waals surface area contributed by atoms with E-state index < -0.39 is 0 Å². The summed E-state index contributed by atoms with van der Waals surface area (Å²) in [5.41, 5.74) is 5.04. The van der Waals surface area contributed by atoms with Gasteiger partial charge in [-0.25, -0.2) is 0 Å². The highest BCUT2D eigenvalue weighted by atomic mass is 35.5. The molecule has 2 aliphatic heterocycles. The maximum Gasteiger partial charge on any atom is 0.143 e. The smallest absolute Gasteiger partial charge is 0.143 e. The van der Waals surface area contributed by atoms with Gasteiger partial charge in [-0.05, 0) is 61.7 Å². The lowest BCUT2D eigenvalue weighted by Gasteiger charge is -2.39. The normalized spacial score (nSPS) is 17.7. The number of para-hydroxylation sites is 3. The van der Waals surface area contributed by atoms with Crippen molar-refractivity contribution in [1.82, 2.24) is 4.90 Å². The number of methoxy groups -OCH3 is 1. The van der Waals surface area contributed by atoms with E-state index in [2.05, 4.69) is 76.5 Å². The van der Waals surface area contributed by atoms with Gasteiger partial charge in [-0.3, -0.25) is 4.90 Å². The summed E-state index contributed by atoms with van der Waals surface area (Å²) in [6.45, 7) is 3.84. The highest BCUT2D eigenvalue weighted by molar-refractivity contribution is 5.85. The number of nitrogens with zero attached hydrogens (tertiary/aromatic N) is 2. The molecule has 0 amide bonds. The molecule has 33 heavy (non-hydrogen) atoms. The molecule has 5 rings (SSSR count). The number of benzene rings is 3. The van der Waals surface area contributed by atoms with Gasteiger partial charge in [0.05, 0.1) is 12.8 Å². The first kappa shape index (κ1) is 23.5. The van der Waals surface area contributed by atoms with Crippen LogP contribution in [-0.4, -0.2) is 37.7 Å². The lowest BCUT2D eigenvalue weighted by atomic mass is 9.99. The van der Waals surface area contributed by atoms with Crippen molar-refractivity contribution in [2.75, 3.05) is 31.6 Å². The summed E-state index contributed by atoms with van der Waals surface area (Å²) in [5, 5.41) is 0. The van der Waals surface area contributed by atoms with Crippen molar-refractivity contribution in [3.63, 3.8) is 0 Å². The number of anilines is 2. The molecular formula is C28H33ClN2O2. The van der Waals surface area contributed by atoms with E-state index in [4.69, 9.17) is 9.47 Å². The summed E-state index contributed by atoms with van der Waals surface area (Å²) in [7, 11) is 1.74. The molecule has 3 aromatic rings. The molecule has 2 heterocycles. The maximum atomic E-state index is 6.18. The second-order valence-electron chi connectivity index (χ2n) is 8.78. The summed E-state index contributed by atoms with van der Waals surface area (Å²) in [6.07, 6.45) is 4.86. The first-order valence-corrected chi connectivity index (χ1v) is 11.8. The van der Waals surface area contributed by atoms with Crippen LogP contribution in [-0.2, 0) is 13.0 Å². The van der Waals surface area contributed by atoms with Gasteiger partial charge in [0, 0.05) is 30.4 Å². The van der Waals surface area contributed by atoms with Gasteiger partial charge in [0.15, 0.2) is 0 Å². The van der Waals surface area contributed by atoms with Crippen molar-refractivity contribution >= 4 is 23.8 Å². The van der Waals surface area contributed by atoms with E-state index in [1.54, 1.807) is 7.11 Å². The summed E-state index contributed by atoms with van der Waals surface area (Å²) in [4.78, 5) is 5.19. The molecule has 1 saturated heterocycles. The Morgan fingerprint density at radius 2 is 1.76 bits per heavy atom. The third-order valence-electron chi connectivity index (χ3n) is 6.79. The van der Waals surface area contributed by atoms with Crippen LogP contribution in [0.15, 0.2) is 72.8 Å². The first-order valence-electron chi connectivity index (χ1n) is 11.8. The van der Waals surface area contributed by atoms with Crippen LogP contribution >= 0.6 is 12.4 Å². The Morgan fingerprint density at radius 1 is 0.939 bits per heavy atom. The second-order valence-corrected chi connectivity index (χ2v) is 8.78. The number of likely N-dealkylation sites (tertiary alicyclic amines) is 1. The molecule has 2 aliphatic rings. The van der Waals surface area contributed by atoms with Crippen LogP contribution < -0.4 is 14.4 Å². The maximum absolute atomic E-state index is 6.18. The molecule has 174 valence electrons. The molecule has 0 spiro atoms. The van der Waals surface area contributed by atoms with Crippen molar-refractivity contribution in [3.8, 4) is 11.5 Å². The van der Waals surface area contributed by atoms with Crippen molar-refractivity contribution in [2.45, 2.75) is 38.3 Å². The summed E-state index contributed by atoms with van der Waals surface area (Å²) < 4.78 is 11.6. The zero-order valence-corrected chi connectivity index (χ0v) is 20.1. The lowest BCUT2D eigenvalue weighted by Crippen LogP contribution is -2.46. The molecule has 1 atom stereocenters. The zero-order valence-electron chi connectivity index (χ0n) is 19.3. The van der Waals surface area contributed by atoms with E-state index in [9.17, 15) is 0 Å². The van der Waals surface area contributed by atoms with Crippen molar-refractivity contribution in [3.05, 3.63) is 83.9 Å². The standard InChI is InChI=1S/C28H32N2O2.ClH/c1-31-25-12-8-9-22(19-25)16-18-29-17-7-6-11-24(29)20-30-26-13-3-2-10-23(26)21-32-28-15-5-4-14-27(28)30;/h2-5,8-10,12-15,19,24H,6-7,11,16-18,20-21H2,1H3;1H. The first-order chi connectivity index (χ1) is 15.8. The minimum atomic E-state index is 0. The molecular weight excluding hydrogens is 432 g/mol. The quantitative estimate of drug-likeness (QED) is 0.430. The molecule has 0 N–H and O–H groups in total. The van der Waals surface area contributed by atoms with E-state index >= 15 is 0 Å². The molecule has 0 saturated carbocycles. The second kappa shape index (κ2) is 11.0. The van der Waals surface area contributed by atoms with Gasteiger partial charge in [0.25, 0.3) is 0 Å². The van der Waals surface area contributed by atoms with E-state index in [1.165, 1.54) is 48.3 Å². The number of rotatable bonds is 6. The lowest BCUT2D eigenvalue weighted by molar-refractivity contribution is 0.154. The molecule has 0 aromatic heterocycles. The molecule has 4 nitrogen and oxygen atoms in total. The largest absolute Gasteiger partial charge is 0.497 e. The number of hydrogen-bond acceptors (Lipinski definition) is 4. The minimum absolute atomic E-state index is 0. The van der Waals surface area contributed by atoms with Gasteiger partial charge in [0.1, 0.15) is 18.1 Å². The number of ether oxygens (including phenoxy) is 2. The monoisotopic (exact) mass is 464 g/mol. The van der Waals surface area contributed by atoms with Gasteiger partial charge >= 0.3 is 0 Å². The Labute approximate surface area is 203 Å². The highest BCUT2D eigenvalue weighted by Crippen LogP contribution is 2.40. The predicted molar refractivity (Wildman–Crippen MR) is 137 cm³/mol. The van der Waals surface area contributed by atoms with E-state index in [1.807, 2.05) is 6.07 Å². The van der Waals surface area contributed by atoms with Crippen molar-refractivity contribution < 1.29 is 9.47 Å². The fourth-order valence-corrected chi connectivity index (χ4v) is 5.05. The number of hydrogen-bond donors (Lipinski definition) is 0. The Kier molecular flexibility index (Phi) is 7.79. The Morgan fingerprint density at radius 3 is 2.64 bits per heavy atom. The van der Waals surface area contributed by atoms with Crippen LogP contribution in [0.2, 0.25) is 0 Å². The van der Waals surface area contributed by atoms with Crippen LogP contribution in [0.1, 0.15) is 30.4 Å². The van der Waals surface area contributed by atoms with E-state index in [-0.39, 0.29) is 12.4 Å². The van der Waals surface area contributed by atoms with Gasteiger partial charge in [0.2, 0.25) is 0 Å². The van der Waals surface area contributed by atoms with Crippen LogP contribution in [0.25, 0.3) is 0 Å². The average Bonchev–Trinajstić information content (AvgIpc) is 3.01. The van der Waals surface area contributed by atoms with Gasteiger partial charge < -0.3 is 14.4 Å². The van der Waals surface area contributed by atoms with Crippen LogP contribution in [0, 0.1) is 0 Å². The summed E-state index contributed by atoms with van der Waals surface area (Å²) in [6, 6.07) is 26.1. The predicted octanol–water partition coefficient (Wildman–Crippen LogP) is 6.24. The SMILES string of the molecule is COc1cccc(CCN2CCCCC2CN2c3ccccc3COc3ccccc32)c1.Cl. The van der Waals surface area contributed by atoms with Gasteiger partial charge in [-0.2, -0.15) is 0 Å². The fourth-order valence-electron chi connectivity index (χ4n) is 5.05. The zero-order chi connectivity index (χ0) is 21.8. The average molecular weight is 465 g/mol. The summed E-state index contributed by atoms with van der Waals surface area (Å²) in [5.74, 6) is 1.91. The molecule has 5 heteroatoms. The Balaban J connectivity index is 0.00000259. The Bertz CT molecular complexity index is 1010. The number of fused-ring (bicyclic) bond motifs is 2. The van der Waals surface area contributed by atoms with Crippen molar-refractivity contribution in [2.24, 2.45) is 0 Å². The van der Waals surface area contributed by atoms with Gasteiger partial charge in [-0.15, -0.1) is 12.4 Å². The van der Waals surface area contributed by atoms with Crippen LogP contribution in [0.4, 0.5) is 11.4 Å². The number of halogens is 1. The fraction of sp³-hybridized carbons (Fsp3) is 0.357. The minimum Gasteiger partial charge on any atom is -0.497 e. The molecule has 0 bridgehead atoms. The molecule has 1 fully saturated rings. The van der Waals surface area contributed by atoms with E-state index in [0.717, 1.165) is 31.0 Å². The van der Waals surface area contributed by atoms with E-state index in [0.29, 0.717) is 12.6 Å². The van der Waals surface area contributed by atoms with Crippen molar-refractivity contribution in [1.29, 1.82) is 0 Å². The van der Waals surface area contributed by atoms with Gasteiger partial charge in [-0.1, -0.05) is 48.9 Å². The third kappa shape index (κ3) is 5.29. The molecule has 1 unspecified atom stereocenters. The summed E-state index contributed by atoms with van der Waals surface area (Å²) >= 11 is 0. The number of piperidine rings is 1. The molecule has 0 aliphatic carbocycles. The molecule has 3 aromatic carbocycles. The highest BCUT2D eigenvalue weighted by Gasteiger charge is 2.28.